The number of nitrogen functional groups attached to an aromatic ring is 1. The molecular formula is C15H17N4O2-. The summed E-state index contributed by atoms with van der Waals surface area (Å²) in [6.45, 7) is 0. The number of anilines is 2. The van der Waals surface area contributed by atoms with Gasteiger partial charge in [-0.25, -0.2) is 9.97 Å². The number of aliphatic carboxylic acids is 1. The maximum Gasteiger partial charge on any atom is 0.135 e. The molecule has 0 amide bonds. The minimum absolute atomic E-state index is 0.199. The number of carbonyl (C=O) groups is 1. The average Bonchev–Trinajstić information content (AvgIpc) is 2.42. The number of hydrogen-bond donors (Lipinski definition) is 1. The van der Waals surface area contributed by atoms with Gasteiger partial charge in [0.15, 0.2) is 0 Å². The Hall–Kier alpha value is -2.63. The summed E-state index contributed by atoms with van der Waals surface area (Å²) in [5.74, 6) is 0.0817. The lowest BCUT2D eigenvalue weighted by Gasteiger charge is -2.17. The van der Waals surface area contributed by atoms with Gasteiger partial charge in [0.25, 0.3) is 0 Å². The number of carboxylic acid groups (broad SMARTS) is 1. The number of aromatic nitrogens is 2. The Balaban J connectivity index is 2.26. The second-order valence-corrected chi connectivity index (χ2v) is 5.00. The smallest absolute Gasteiger partial charge is 0.135 e. The zero-order chi connectivity index (χ0) is 15.4. The van der Waals surface area contributed by atoms with Crippen LogP contribution in [0.1, 0.15) is 17.0 Å². The third-order valence-corrected chi connectivity index (χ3v) is 2.99. The third-order valence-electron chi connectivity index (χ3n) is 2.99. The van der Waals surface area contributed by atoms with Crippen LogP contribution in [0.15, 0.2) is 30.5 Å². The van der Waals surface area contributed by atoms with Gasteiger partial charge >= 0.3 is 0 Å². The normalized spacial score (nSPS) is 10.4. The van der Waals surface area contributed by atoms with Crippen LogP contribution in [0.4, 0.5) is 11.5 Å². The molecule has 0 saturated heterocycles. The van der Waals surface area contributed by atoms with Crippen LogP contribution in [0.25, 0.3) is 0 Å². The third kappa shape index (κ3) is 3.92. The second-order valence-electron chi connectivity index (χ2n) is 5.00. The van der Waals surface area contributed by atoms with E-state index in [1.165, 1.54) is 0 Å². The Morgan fingerprint density at radius 2 is 1.95 bits per heavy atom. The molecule has 0 atom stereocenters. The van der Waals surface area contributed by atoms with Crippen molar-refractivity contribution in [1.29, 1.82) is 0 Å². The fourth-order valence-electron chi connectivity index (χ4n) is 2.00. The highest BCUT2D eigenvalue weighted by Crippen LogP contribution is 2.17. The first kappa shape index (κ1) is 14.8. The molecule has 0 saturated carbocycles. The molecular weight excluding hydrogens is 268 g/mol. The summed E-state index contributed by atoms with van der Waals surface area (Å²) in [4.78, 5) is 21.2. The van der Waals surface area contributed by atoms with Crippen molar-refractivity contribution in [3.05, 3.63) is 47.4 Å². The molecule has 21 heavy (non-hydrogen) atoms. The van der Waals surface area contributed by atoms with Crippen LogP contribution in [-0.2, 0) is 17.6 Å². The van der Waals surface area contributed by atoms with Gasteiger partial charge in [0.1, 0.15) is 11.6 Å². The Bertz CT molecular complexity index is 639. The van der Waals surface area contributed by atoms with Crippen LogP contribution in [0.2, 0.25) is 0 Å². The summed E-state index contributed by atoms with van der Waals surface area (Å²) >= 11 is 0. The fourth-order valence-corrected chi connectivity index (χ4v) is 2.00. The van der Waals surface area contributed by atoms with Gasteiger partial charge in [-0.15, -0.1) is 0 Å². The molecule has 0 bridgehead atoms. The summed E-state index contributed by atoms with van der Waals surface area (Å²) in [6.07, 6.45) is 1.91. The SMILES string of the molecule is CN(C)c1nc(Cc2ccc(N)cc2)ncc1CC(=O)[O-]. The Kier molecular flexibility index (Phi) is 4.37. The van der Waals surface area contributed by atoms with Crippen molar-refractivity contribution in [3.63, 3.8) is 0 Å². The number of benzene rings is 1. The van der Waals surface area contributed by atoms with Gasteiger partial charge in [0.05, 0.1) is 0 Å². The maximum absolute atomic E-state index is 10.8. The van der Waals surface area contributed by atoms with Crippen LogP contribution in [0, 0.1) is 0 Å². The average molecular weight is 285 g/mol. The molecule has 0 aliphatic rings. The van der Waals surface area contributed by atoms with Gasteiger partial charge in [0, 0.05) is 50.4 Å². The topological polar surface area (TPSA) is 95.2 Å². The van der Waals surface area contributed by atoms with Crippen molar-refractivity contribution in [2.45, 2.75) is 12.8 Å². The maximum atomic E-state index is 10.8. The first-order chi connectivity index (χ1) is 9.95. The summed E-state index contributed by atoms with van der Waals surface area (Å²) in [6, 6.07) is 7.49. The largest absolute Gasteiger partial charge is 0.550 e. The van der Waals surface area contributed by atoms with Gasteiger partial charge in [0.2, 0.25) is 0 Å². The lowest BCUT2D eigenvalue weighted by molar-refractivity contribution is -0.304. The van der Waals surface area contributed by atoms with Crippen molar-refractivity contribution in [1.82, 2.24) is 9.97 Å². The van der Waals surface area contributed by atoms with Gasteiger partial charge in [-0.1, -0.05) is 12.1 Å². The van der Waals surface area contributed by atoms with E-state index in [9.17, 15) is 9.90 Å². The Labute approximate surface area is 123 Å². The number of carboxylic acids is 1. The van der Waals surface area contributed by atoms with E-state index in [0.29, 0.717) is 29.3 Å². The highest BCUT2D eigenvalue weighted by Gasteiger charge is 2.10. The van der Waals surface area contributed by atoms with E-state index < -0.39 is 5.97 Å². The molecule has 2 rings (SSSR count). The molecule has 1 heterocycles. The quantitative estimate of drug-likeness (QED) is 0.777. The summed E-state index contributed by atoms with van der Waals surface area (Å²) in [7, 11) is 3.63. The minimum atomic E-state index is -1.15. The summed E-state index contributed by atoms with van der Waals surface area (Å²) in [5.41, 5.74) is 7.94. The molecule has 0 fully saturated rings. The molecule has 2 aromatic rings. The number of hydrogen-bond acceptors (Lipinski definition) is 6. The number of nitrogens with two attached hydrogens (primary N) is 1. The van der Waals surface area contributed by atoms with Crippen LogP contribution in [0.5, 0.6) is 0 Å². The zero-order valence-electron chi connectivity index (χ0n) is 12.0. The molecule has 0 unspecified atom stereocenters. The monoisotopic (exact) mass is 285 g/mol. The molecule has 110 valence electrons. The second kappa shape index (κ2) is 6.21. The molecule has 2 N–H and O–H groups in total. The molecule has 0 aliphatic heterocycles. The lowest BCUT2D eigenvalue weighted by atomic mass is 10.1. The lowest BCUT2D eigenvalue weighted by Crippen LogP contribution is -2.26. The van der Waals surface area contributed by atoms with Crippen LogP contribution < -0.4 is 15.7 Å². The van der Waals surface area contributed by atoms with E-state index in [1.54, 1.807) is 11.1 Å². The predicted molar refractivity (Wildman–Crippen MR) is 78.7 cm³/mol. The van der Waals surface area contributed by atoms with Crippen molar-refractivity contribution >= 4 is 17.5 Å². The van der Waals surface area contributed by atoms with Crippen LogP contribution in [0.3, 0.4) is 0 Å². The molecule has 6 heteroatoms. The van der Waals surface area contributed by atoms with Crippen molar-refractivity contribution < 1.29 is 9.90 Å². The number of nitrogens with zero attached hydrogens (tertiary/aromatic N) is 3. The fraction of sp³-hybridized carbons (Fsp3) is 0.267. The molecule has 0 spiro atoms. The van der Waals surface area contributed by atoms with Crippen molar-refractivity contribution in [2.24, 2.45) is 0 Å². The molecule has 6 nitrogen and oxygen atoms in total. The van der Waals surface area contributed by atoms with Crippen molar-refractivity contribution in [3.8, 4) is 0 Å². The van der Waals surface area contributed by atoms with Crippen LogP contribution in [-0.4, -0.2) is 30.0 Å². The van der Waals surface area contributed by atoms with E-state index in [0.717, 1.165) is 5.56 Å². The summed E-state index contributed by atoms with van der Waals surface area (Å²) < 4.78 is 0. The van der Waals surface area contributed by atoms with Crippen LogP contribution >= 0.6 is 0 Å². The molecule has 0 aliphatic carbocycles. The highest BCUT2D eigenvalue weighted by molar-refractivity contribution is 5.70. The van der Waals surface area contributed by atoms with E-state index in [2.05, 4.69) is 9.97 Å². The first-order valence-electron chi connectivity index (χ1n) is 6.52. The van der Waals surface area contributed by atoms with E-state index in [1.807, 2.05) is 38.4 Å². The highest BCUT2D eigenvalue weighted by atomic mass is 16.4. The van der Waals surface area contributed by atoms with Gasteiger partial charge in [-0.3, -0.25) is 0 Å². The molecule has 0 radical (unpaired) electrons. The van der Waals surface area contributed by atoms with E-state index in [-0.39, 0.29) is 6.42 Å². The zero-order valence-corrected chi connectivity index (χ0v) is 12.0. The predicted octanol–water partition coefficient (Wildman–Crippen LogP) is 0.00800. The summed E-state index contributed by atoms with van der Waals surface area (Å²) in [5, 5.41) is 10.8. The number of carbonyl (C=O) groups excluding carboxylic acids is 1. The first-order valence-corrected chi connectivity index (χ1v) is 6.52. The van der Waals surface area contributed by atoms with E-state index in [4.69, 9.17) is 5.73 Å². The van der Waals surface area contributed by atoms with Crippen molar-refractivity contribution in [2.75, 3.05) is 24.7 Å². The van der Waals surface area contributed by atoms with Gasteiger partial charge in [-0.2, -0.15) is 0 Å². The molecule has 1 aromatic heterocycles. The Morgan fingerprint density at radius 3 is 2.52 bits per heavy atom. The standard InChI is InChI=1S/C15H18N4O2/c1-19(2)15-11(8-14(20)21)9-17-13(18-15)7-10-3-5-12(16)6-4-10/h3-6,9H,7-8,16H2,1-2H3,(H,20,21)/p-1. The minimum Gasteiger partial charge on any atom is -0.550 e. The van der Waals surface area contributed by atoms with Gasteiger partial charge < -0.3 is 20.5 Å². The Morgan fingerprint density at radius 1 is 1.29 bits per heavy atom. The van der Waals surface area contributed by atoms with E-state index >= 15 is 0 Å². The molecule has 1 aromatic carbocycles. The van der Waals surface area contributed by atoms with Gasteiger partial charge in [-0.05, 0) is 17.7 Å². The number of rotatable bonds is 5.